The SMILES string of the molecule is C/C=C/NC(=O)CNC(=O)CNC(=O)C(CC(C)C)NC(=O)CN. The van der Waals surface area contributed by atoms with Crippen molar-refractivity contribution >= 4 is 23.6 Å². The van der Waals surface area contributed by atoms with Gasteiger partial charge in [0.1, 0.15) is 6.04 Å². The second-order valence-electron chi connectivity index (χ2n) is 5.52. The van der Waals surface area contributed by atoms with E-state index in [9.17, 15) is 19.2 Å². The summed E-state index contributed by atoms with van der Waals surface area (Å²) >= 11 is 0. The molecule has 0 aromatic heterocycles. The highest BCUT2D eigenvalue weighted by molar-refractivity contribution is 5.91. The van der Waals surface area contributed by atoms with Gasteiger partial charge in [0.15, 0.2) is 0 Å². The van der Waals surface area contributed by atoms with Crippen LogP contribution in [0.25, 0.3) is 0 Å². The molecule has 0 rings (SSSR count). The van der Waals surface area contributed by atoms with Crippen LogP contribution >= 0.6 is 0 Å². The summed E-state index contributed by atoms with van der Waals surface area (Å²) in [5.41, 5.74) is 5.23. The predicted molar refractivity (Wildman–Crippen MR) is 89.4 cm³/mol. The molecule has 1 atom stereocenters. The number of nitrogens with one attached hydrogen (secondary N) is 4. The van der Waals surface area contributed by atoms with Gasteiger partial charge in [-0.25, -0.2) is 0 Å². The third kappa shape index (κ3) is 10.3. The Morgan fingerprint density at radius 2 is 1.62 bits per heavy atom. The van der Waals surface area contributed by atoms with E-state index in [0.29, 0.717) is 6.42 Å². The summed E-state index contributed by atoms with van der Waals surface area (Å²) in [5.74, 6) is -1.63. The van der Waals surface area contributed by atoms with Crippen molar-refractivity contribution in [1.82, 2.24) is 21.3 Å². The second kappa shape index (κ2) is 12.1. The van der Waals surface area contributed by atoms with Crippen molar-refractivity contribution in [3.05, 3.63) is 12.3 Å². The van der Waals surface area contributed by atoms with Crippen molar-refractivity contribution in [2.45, 2.75) is 33.2 Å². The van der Waals surface area contributed by atoms with Crippen LogP contribution in [0.5, 0.6) is 0 Å². The number of hydrogen-bond acceptors (Lipinski definition) is 5. The summed E-state index contributed by atoms with van der Waals surface area (Å²) in [7, 11) is 0. The van der Waals surface area contributed by atoms with Crippen LogP contribution in [0.1, 0.15) is 27.2 Å². The van der Waals surface area contributed by atoms with Gasteiger partial charge in [0.25, 0.3) is 0 Å². The van der Waals surface area contributed by atoms with Gasteiger partial charge >= 0.3 is 0 Å². The van der Waals surface area contributed by atoms with Crippen LogP contribution in [0.4, 0.5) is 0 Å². The van der Waals surface area contributed by atoms with Crippen LogP contribution in [0.2, 0.25) is 0 Å². The van der Waals surface area contributed by atoms with Gasteiger partial charge < -0.3 is 27.0 Å². The van der Waals surface area contributed by atoms with Crippen molar-refractivity contribution < 1.29 is 19.2 Å². The van der Waals surface area contributed by atoms with Crippen LogP contribution in [0.15, 0.2) is 12.3 Å². The normalized spacial score (nSPS) is 11.9. The minimum atomic E-state index is -0.758. The highest BCUT2D eigenvalue weighted by Gasteiger charge is 2.21. The Morgan fingerprint density at radius 3 is 2.17 bits per heavy atom. The number of hydrogen-bond donors (Lipinski definition) is 5. The first-order valence-corrected chi connectivity index (χ1v) is 7.74. The molecule has 1 unspecified atom stereocenters. The van der Waals surface area contributed by atoms with Crippen LogP contribution < -0.4 is 27.0 Å². The Hall–Kier alpha value is -2.42. The number of rotatable bonds is 10. The minimum Gasteiger partial charge on any atom is -0.345 e. The van der Waals surface area contributed by atoms with Gasteiger partial charge in [-0.15, -0.1) is 0 Å². The summed E-state index contributed by atoms with van der Waals surface area (Å²) in [6.07, 6.45) is 3.52. The van der Waals surface area contributed by atoms with E-state index in [2.05, 4.69) is 21.3 Å². The van der Waals surface area contributed by atoms with Crippen LogP contribution in [-0.4, -0.2) is 49.3 Å². The monoisotopic (exact) mass is 341 g/mol. The zero-order chi connectivity index (χ0) is 18.5. The molecule has 0 spiro atoms. The number of carbonyl (C=O) groups excluding carboxylic acids is 4. The lowest BCUT2D eigenvalue weighted by molar-refractivity contribution is -0.130. The quantitative estimate of drug-likeness (QED) is 0.324. The topological polar surface area (TPSA) is 142 Å². The van der Waals surface area contributed by atoms with Crippen molar-refractivity contribution in [2.75, 3.05) is 19.6 Å². The largest absolute Gasteiger partial charge is 0.345 e. The second-order valence-corrected chi connectivity index (χ2v) is 5.52. The summed E-state index contributed by atoms with van der Waals surface area (Å²) < 4.78 is 0. The first-order valence-electron chi connectivity index (χ1n) is 7.74. The molecule has 0 heterocycles. The molecule has 0 aliphatic heterocycles. The fraction of sp³-hybridized carbons (Fsp3) is 0.600. The van der Waals surface area contributed by atoms with Crippen LogP contribution in [0, 0.1) is 5.92 Å². The third-order valence-corrected chi connectivity index (χ3v) is 2.82. The van der Waals surface area contributed by atoms with Gasteiger partial charge in [-0.05, 0) is 25.5 Å². The smallest absolute Gasteiger partial charge is 0.243 e. The van der Waals surface area contributed by atoms with Gasteiger partial charge in [0.05, 0.1) is 19.6 Å². The first-order chi connectivity index (χ1) is 11.3. The first kappa shape index (κ1) is 21.6. The van der Waals surface area contributed by atoms with Gasteiger partial charge in [-0.2, -0.15) is 0 Å². The van der Waals surface area contributed by atoms with E-state index in [1.165, 1.54) is 6.20 Å². The van der Waals surface area contributed by atoms with E-state index in [4.69, 9.17) is 5.73 Å². The predicted octanol–water partition coefficient (Wildman–Crippen LogP) is -1.64. The van der Waals surface area contributed by atoms with Crippen molar-refractivity contribution in [3.8, 4) is 0 Å². The molecule has 0 aliphatic carbocycles. The number of amides is 4. The van der Waals surface area contributed by atoms with Gasteiger partial charge in [0.2, 0.25) is 23.6 Å². The van der Waals surface area contributed by atoms with E-state index in [1.807, 2.05) is 13.8 Å². The van der Waals surface area contributed by atoms with Crippen LogP contribution in [-0.2, 0) is 19.2 Å². The minimum absolute atomic E-state index is 0.169. The van der Waals surface area contributed by atoms with Crippen LogP contribution in [0.3, 0.4) is 0 Å². The molecular weight excluding hydrogens is 314 g/mol. The summed E-state index contributed by atoms with van der Waals surface area (Å²) in [6.45, 7) is 4.85. The average molecular weight is 341 g/mol. The Morgan fingerprint density at radius 1 is 1.00 bits per heavy atom. The Bertz CT molecular complexity index is 476. The van der Waals surface area contributed by atoms with E-state index in [0.717, 1.165) is 0 Å². The summed E-state index contributed by atoms with van der Waals surface area (Å²) in [6, 6.07) is -0.758. The molecule has 4 amide bonds. The van der Waals surface area contributed by atoms with Gasteiger partial charge in [-0.1, -0.05) is 19.9 Å². The molecule has 0 saturated carbocycles. The molecule has 9 heteroatoms. The number of nitrogens with two attached hydrogens (primary N) is 1. The van der Waals surface area contributed by atoms with Gasteiger partial charge in [0, 0.05) is 0 Å². The Balaban J connectivity index is 4.32. The van der Waals surface area contributed by atoms with E-state index in [-0.39, 0.29) is 31.5 Å². The van der Waals surface area contributed by atoms with Crippen molar-refractivity contribution in [2.24, 2.45) is 11.7 Å². The van der Waals surface area contributed by atoms with Crippen molar-refractivity contribution in [3.63, 3.8) is 0 Å². The molecule has 0 aliphatic rings. The molecule has 9 nitrogen and oxygen atoms in total. The fourth-order valence-electron chi connectivity index (χ4n) is 1.72. The molecule has 0 aromatic carbocycles. The molecule has 24 heavy (non-hydrogen) atoms. The standard InChI is InChI=1S/C15H27N5O4/c1-4-5-17-13(22)8-18-14(23)9-19-15(24)11(6-10(2)3)20-12(21)7-16/h4-5,10-11H,6-9,16H2,1-3H3,(H,17,22)(H,18,23)(H,19,24)(H,20,21)/b5-4+. The lowest BCUT2D eigenvalue weighted by Gasteiger charge is -2.19. The lowest BCUT2D eigenvalue weighted by Crippen LogP contribution is -2.51. The lowest BCUT2D eigenvalue weighted by atomic mass is 10.0. The highest BCUT2D eigenvalue weighted by atomic mass is 16.2. The van der Waals surface area contributed by atoms with E-state index < -0.39 is 23.8 Å². The van der Waals surface area contributed by atoms with E-state index >= 15 is 0 Å². The molecule has 0 fully saturated rings. The Kier molecular flexibility index (Phi) is 10.8. The molecular formula is C15H27N5O4. The third-order valence-electron chi connectivity index (χ3n) is 2.82. The molecule has 136 valence electrons. The van der Waals surface area contributed by atoms with E-state index in [1.54, 1.807) is 13.0 Å². The molecule has 0 saturated heterocycles. The Labute approximate surface area is 141 Å². The zero-order valence-corrected chi connectivity index (χ0v) is 14.3. The molecule has 0 aromatic rings. The molecule has 0 bridgehead atoms. The zero-order valence-electron chi connectivity index (χ0n) is 14.3. The number of carbonyl (C=O) groups is 4. The highest BCUT2D eigenvalue weighted by Crippen LogP contribution is 2.04. The molecule has 6 N–H and O–H groups in total. The maximum absolute atomic E-state index is 12.1. The van der Waals surface area contributed by atoms with Crippen molar-refractivity contribution in [1.29, 1.82) is 0 Å². The number of allylic oxidation sites excluding steroid dienone is 1. The molecule has 0 radical (unpaired) electrons. The summed E-state index contributed by atoms with van der Waals surface area (Å²) in [4.78, 5) is 46.4. The maximum Gasteiger partial charge on any atom is 0.243 e. The fourth-order valence-corrected chi connectivity index (χ4v) is 1.72. The maximum atomic E-state index is 12.1. The van der Waals surface area contributed by atoms with Gasteiger partial charge in [-0.3, -0.25) is 19.2 Å². The average Bonchev–Trinajstić information content (AvgIpc) is 2.54. The summed E-state index contributed by atoms with van der Waals surface area (Å²) in [5, 5.41) is 9.76.